The van der Waals surface area contributed by atoms with Gasteiger partial charge in [-0.2, -0.15) is 0 Å². The first-order valence-electron chi connectivity index (χ1n) is 14.3. The fourth-order valence-corrected chi connectivity index (χ4v) is 6.21. The molecule has 2 aliphatic carbocycles. The number of amides is 2. The molecule has 3 N–H and O–H groups in total. The molecule has 3 aliphatic rings. The number of aliphatic hydroxyl groups is 1. The molecule has 39 heavy (non-hydrogen) atoms. The number of likely N-dealkylation sites (N-methyl/N-ethyl adjacent to an activating group) is 1. The molecule has 1 saturated heterocycles. The first-order chi connectivity index (χ1) is 18.8. The number of nitrogens with one attached hydrogen (secondary N) is 2. The topological polar surface area (TPSA) is 94.6 Å². The van der Waals surface area contributed by atoms with Gasteiger partial charge in [0.25, 0.3) is 11.8 Å². The van der Waals surface area contributed by atoms with Gasteiger partial charge in [0.1, 0.15) is 0 Å². The van der Waals surface area contributed by atoms with Crippen LogP contribution in [0.1, 0.15) is 76.2 Å². The summed E-state index contributed by atoms with van der Waals surface area (Å²) in [6.07, 6.45) is 5.61. The minimum absolute atomic E-state index is 0.125. The van der Waals surface area contributed by atoms with E-state index in [-0.39, 0.29) is 17.9 Å². The molecular formula is C32H38N4O3. The normalized spacial score (nSPS) is 21.1. The van der Waals surface area contributed by atoms with Crippen molar-refractivity contribution in [1.82, 2.24) is 20.5 Å². The lowest BCUT2D eigenvalue weighted by Crippen LogP contribution is -2.57. The maximum atomic E-state index is 12.9. The van der Waals surface area contributed by atoms with Crippen molar-refractivity contribution in [3.05, 3.63) is 76.5 Å². The smallest absolute Gasteiger partial charge is 0.251 e. The van der Waals surface area contributed by atoms with Gasteiger partial charge >= 0.3 is 0 Å². The fourth-order valence-electron chi connectivity index (χ4n) is 6.21. The molecule has 0 radical (unpaired) electrons. The van der Waals surface area contributed by atoms with E-state index in [1.807, 2.05) is 31.3 Å². The highest BCUT2D eigenvalue weighted by atomic mass is 16.3. The first-order valence-corrected chi connectivity index (χ1v) is 14.3. The zero-order chi connectivity index (χ0) is 27.1. The fraction of sp³-hybridized carbons (Fsp3) is 0.469. The molecular weight excluding hydrogens is 488 g/mol. The molecule has 3 aromatic rings. The third-order valence-electron chi connectivity index (χ3n) is 9.10. The lowest BCUT2D eigenvalue weighted by molar-refractivity contribution is 0.0857. The van der Waals surface area contributed by atoms with Crippen molar-refractivity contribution in [3.8, 4) is 0 Å². The number of hydrogen-bond acceptors (Lipinski definition) is 5. The summed E-state index contributed by atoms with van der Waals surface area (Å²) >= 11 is 0. The minimum atomic E-state index is -0.776. The summed E-state index contributed by atoms with van der Waals surface area (Å²) < 4.78 is 0. The number of fused-ring (bicyclic) bond motifs is 2. The average Bonchev–Trinajstić information content (AvgIpc) is 3.68. The third-order valence-corrected chi connectivity index (χ3v) is 9.10. The number of aliphatic hydroxyl groups excluding tert-OH is 1. The first kappa shape index (κ1) is 26.0. The molecule has 2 fully saturated rings. The summed E-state index contributed by atoms with van der Waals surface area (Å²) in [5, 5.41) is 17.7. The van der Waals surface area contributed by atoms with Crippen LogP contribution in [-0.2, 0) is 12.8 Å². The van der Waals surface area contributed by atoms with Gasteiger partial charge in [-0.05, 0) is 104 Å². The Morgan fingerprint density at radius 3 is 2.67 bits per heavy atom. The highest BCUT2D eigenvalue weighted by Gasteiger charge is 2.45. The van der Waals surface area contributed by atoms with Gasteiger partial charge in [-0.15, -0.1) is 0 Å². The highest BCUT2D eigenvalue weighted by molar-refractivity contribution is 5.98. The number of aromatic nitrogens is 1. The van der Waals surface area contributed by atoms with Crippen LogP contribution in [0.4, 0.5) is 0 Å². The quantitative estimate of drug-likeness (QED) is 0.412. The molecule has 204 valence electrons. The van der Waals surface area contributed by atoms with Crippen LogP contribution in [0.2, 0.25) is 0 Å². The van der Waals surface area contributed by atoms with E-state index in [2.05, 4.69) is 28.5 Å². The van der Waals surface area contributed by atoms with E-state index in [0.717, 1.165) is 42.8 Å². The van der Waals surface area contributed by atoms with E-state index >= 15 is 0 Å². The van der Waals surface area contributed by atoms with E-state index in [9.17, 15) is 14.7 Å². The van der Waals surface area contributed by atoms with Crippen molar-refractivity contribution in [3.63, 3.8) is 0 Å². The standard InChI is InChI=1S/C32H38N4O3/c1-32(11-12-32)25-7-9-28-24(17-25)16-23-15-22(6-8-27(23)35-28)30(38)33-13-10-29(37)20-4-3-5-21(14-20)31(39)34-26-18-36(2)19-26/h3-6,8,14-16,25-26,29,37H,7,9-13,17-19H2,1-2H3,(H,33,38)(H,34,39)/t25-,29+/m0/s1. The SMILES string of the molecule is CN1CC(NC(=O)c2cccc([C@H](O)CCNC(=O)c3ccc4nc5c(cc4c3)C[C@@H](C3(C)CC3)CC5)c2)C1. The number of carbonyl (C=O) groups is 2. The molecule has 0 spiro atoms. The Morgan fingerprint density at radius 1 is 1.10 bits per heavy atom. The maximum Gasteiger partial charge on any atom is 0.251 e. The van der Waals surface area contributed by atoms with Crippen molar-refractivity contribution < 1.29 is 14.7 Å². The van der Waals surface area contributed by atoms with Crippen molar-refractivity contribution in [1.29, 1.82) is 0 Å². The molecule has 0 bridgehead atoms. The average molecular weight is 527 g/mol. The van der Waals surface area contributed by atoms with Crippen molar-refractivity contribution in [2.24, 2.45) is 11.3 Å². The van der Waals surface area contributed by atoms with Gasteiger partial charge in [-0.3, -0.25) is 14.6 Å². The van der Waals surface area contributed by atoms with Crippen LogP contribution >= 0.6 is 0 Å². The van der Waals surface area contributed by atoms with Gasteiger partial charge in [0, 0.05) is 41.8 Å². The van der Waals surface area contributed by atoms with Crippen molar-refractivity contribution in [2.75, 3.05) is 26.7 Å². The molecule has 1 aromatic heterocycles. The summed E-state index contributed by atoms with van der Waals surface area (Å²) in [6, 6.07) is 15.2. The number of likely N-dealkylation sites (tertiary alicyclic amines) is 1. The number of benzene rings is 2. The number of hydrogen-bond donors (Lipinski definition) is 3. The minimum Gasteiger partial charge on any atom is -0.388 e. The third kappa shape index (κ3) is 5.56. The Labute approximate surface area is 230 Å². The Morgan fingerprint density at radius 2 is 1.90 bits per heavy atom. The van der Waals surface area contributed by atoms with Gasteiger partial charge in [-0.1, -0.05) is 19.1 Å². The zero-order valence-corrected chi connectivity index (χ0v) is 22.9. The molecule has 1 aliphatic heterocycles. The summed E-state index contributed by atoms with van der Waals surface area (Å²) in [6.45, 7) is 4.44. The summed E-state index contributed by atoms with van der Waals surface area (Å²) in [5.41, 5.74) is 5.80. The second kappa shape index (κ2) is 10.4. The van der Waals surface area contributed by atoms with Gasteiger partial charge in [0.2, 0.25) is 0 Å². The molecule has 2 heterocycles. The molecule has 2 amide bonds. The predicted molar refractivity (Wildman–Crippen MR) is 152 cm³/mol. The van der Waals surface area contributed by atoms with Gasteiger partial charge in [-0.25, -0.2) is 0 Å². The van der Waals surface area contributed by atoms with Crippen LogP contribution in [0.5, 0.6) is 0 Å². The zero-order valence-electron chi connectivity index (χ0n) is 22.9. The summed E-state index contributed by atoms with van der Waals surface area (Å²) in [7, 11) is 2.02. The van der Waals surface area contributed by atoms with Crippen LogP contribution in [0.3, 0.4) is 0 Å². The van der Waals surface area contributed by atoms with E-state index in [4.69, 9.17) is 4.98 Å². The van der Waals surface area contributed by atoms with E-state index in [1.54, 1.807) is 18.2 Å². The second-order valence-electron chi connectivity index (χ2n) is 12.2. The number of pyridine rings is 1. The number of carbonyl (C=O) groups excluding carboxylic acids is 2. The number of aryl methyl sites for hydroxylation is 1. The largest absolute Gasteiger partial charge is 0.388 e. The Balaban J connectivity index is 1.05. The predicted octanol–water partition coefficient (Wildman–Crippen LogP) is 4.04. The molecule has 6 rings (SSSR count). The van der Waals surface area contributed by atoms with Gasteiger partial charge in [0.05, 0.1) is 17.7 Å². The highest BCUT2D eigenvalue weighted by Crippen LogP contribution is 2.55. The van der Waals surface area contributed by atoms with E-state index in [1.165, 1.54) is 30.5 Å². The number of nitrogens with zero attached hydrogens (tertiary/aromatic N) is 2. The Bertz CT molecular complexity index is 1410. The van der Waals surface area contributed by atoms with Crippen molar-refractivity contribution in [2.45, 2.75) is 57.6 Å². The van der Waals surface area contributed by atoms with E-state index < -0.39 is 6.10 Å². The van der Waals surface area contributed by atoms with Crippen LogP contribution in [-0.4, -0.2) is 59.5 Å². The van der Waals surface area contributed by atoms with Gasteiger partial charge in [0.15, 0.2) is 0 Å². The maximum absolute atomic E-state index is 12.9. The van der Waals surface area contributed by atoms with Crippen LogP contribution < -0.4 is 10.6 Å². The Hall–Kier alpha value is -3.29. The molecule has 7 nitrogen and oxygen atoms in total. The summed E-state index contributed by atoms with van der Waals surface area (Å²) in [4.78, 5) is 32.5. The monoisotopic (exact) mass is 526 g/mol. The molecule has 7 heteroatoms. The van der Waals surface area contributed by atoms with Crippen LogP contribution in [0.25, 0.3) is 10.9 Å². The van der Waals surface area contributed by atoms with Crippen molar-refractivity contribution >= 4 is 22.7 Å². The molecule has 1 saturated carbocycles. The Kier molecular flexibility index (Phi) is 6.89. The lowest BCUT2D eigenvalue weighted by Gasteiger charge is -2.36. The lowest BCUT2D eigenvalue weighted by atomic mass is 9.77. The number of rotatable bonds is 8. The van der Waals surface area contributed by atoms with Crippen LogP contribution in [0.15, 0.2) is 48.5 Å². The molecule has 2 atom stereocenters. The summed E-state index contributed by atoms with van der Waals surface area (Å²) in [5.74, 6) is 0.450. The second-order valence-corrected chi connectivity index (χ2v) is 12.2. The molecule has 2 aromatic carbocycles. The van der Waals surface area contributed by atoms with Crippen LogP contribution in [0, 0.1) is 11.3 Å². The molecule has 0 unspecified atom stereocenters. The van der Waals surface area contributed by atoms with E-state index in [0.29, 0.717) is 35.1 Å². The van der Waals surface area contributed by atoms with Gasteiger partial charge < -0.3 is 20.6 Å².